The van der Waals surface area contributed by atoms with Crippen LogP contribution in [0.4, 0.5) is 0 Å². The van der Waals surface area contributed by atoms with Gasteiger partial charge in [0.1, 0.15) is 18.5 Å². The minimum absolute atomic E-state index is 0.319. The van der Waals surface area contributed by atoms with Gasteiger partial charge in [-0.2, -0.15) is 0 Å². The van der Waals surface area contributed by atoms with Gasteiger partial charge in [0.05, 0.1) is 15.2 Å². The van der Waals surface area contributed by atoms with Gasteiger partial charge in [-0.05, 0) is 32.0 Å². The summed E-state index contributed by atoms with van der Waals surface area (Å²) in [5, 5.41) is 14.6. The van der Waals surface area contributed by atoms with Crippen LogP contribution in [0.5, 0.6) is 5.75 Å². The normalized spacial score (nSPS) is 21.1. The Morgan fingerprint density at radius 1 is 1.55 bits per heavy atom. The van der Waals surface area contributed by atoms with Crippen molar-refractivity contribution in [2.45, 2.75) is 26.0 Å². The summed E-state index contributed by atoms with van der Waals surface area (Å²) in [5.74, 6) is 0.795. The van der Waals surface area contributed by atoms with Crippen LogP contribution in [-0.4, -0.2) is 59.9 Å². The van der Waals surface area contributed by atoms with Crippen LogP contribution in [0.3, 0.4) is 0 Å². The van der Waals surface area contributed by atoms with Gasteiger partial charge in [0, 0.05) is 32.2 Å². The Balaban J connectivity index is 1.53. The van der Waals surface area contributed by atoms with E-state index in [4.69, 9.17) is 4.74 Å². The van der Waals surface area contributed by atoms with E-state index < -0.39 is 6.10 Å². The molecule has 1 aliphatic heterocycles. The molecule has 6 heteroatoms. The lowest BCUT2D eigenvalue weighted by Crippen LogP contribution is -2.52. The first-order valence-corrected chi connectivity index (χ1v) is 8.56. The quantitative estimate of drug-likeness (QED) is 0.877. The summed E-state index contributed by atoms with van der Waals surface area (Å²) in [5.41, 5.74) is 1.00. The Labute approximate surface area is 134 Å². The molecule has 0 radical (unpaired) electrons. The molecular formula is C16H23N3O2S. The van der Waals surface area contributed by atoms with Gasteiger partial charge in [0.2, 0.25) is 0 Å². The van der Waals surface area contributed by atoms with Crippen molar-refractivity contribution < 1.29 is 9.84 Å². The number of benzene rings is 1. The van der Waals surface area contributed by atoms with Crippen LogP contribution in [-0.2, 0) is 0 Å². The lowest BCUT2D eigenvalue weighted by molar-refractivity contribution is 0.0478. The molecule has 2 atom stereocenters. The van der Waals surface area contributed by atoms with Crippen molar-refractivity contribution in [3.63, 3.8) is 0 Å². The van der Waals surface area contributed by atoms with Gasteiger partial charge in [-0.15, -0.1) is 11.3 Å². The summed E-state index contributed by atoms with van der Waals surface area (Å²) in [6.45, 7) is 8.10. The number of aliphatic hydroxyl groups excluding tert-OH is 1. The molecule has 1 fully saturated rings. The number of piperazine rings is 1. The molecule has 0 unspecified atom stereocenters. The smallest absolute Gasteiger partial charge is 0.121 e. The minimum Gasteiger partial charge on any atom is -0.491 e. The Hall–Kier alpha value is -1.21. The largest absolute Gasteiger partial charge is 0.491 e. The second kappa shape index (κ2) is 6.91. The monoisotopic (exact) mass is 321 g/mol. The predicted molar refractivity (Wildman–Crippen MR) is 89.8 cm³/mol. The highest BCUT2D eigenvalue weighted by Gasteiger charge is 2.20. The zero-order valence-corrected chi connectivity index (χ0v) is 13.9. The molecule has 2 aromatic rings. The number of aryl methyl sites for hydroxylation is 1. The molecule has 5 nitrogen and oxygen atoms in total. The predicted octanol–water partition coefficient (Wildman–Crippen LogP) is 1.64. The lowest BCUT2D eigenvalue weighted by Gasteiger charge is -2.35. The maximum atomic E-state index is 10.2. The van der Waals surface area contributed by atoms with Crippen molar-refractivity contribution in [3.8, 4) is 5.75 Å². The fraction of sp³-hybridized carbons (Fsp3) is 0.562. The molecule has 0 saturated carbocycles. The maximum absolute atomic E-state index is 10.2. The maximum Gasteiger partial charge on any atom is 0.121 e. The molecular weight excluding hydrogens is 298 g/mol. The van der Waals surface area contributed by atoms with E-state index in [0.717, 1.165) is 40.6 Å². The molecule has 2 heterocycles. The van der Waals surface area contributed by atoms with E-state index in [1.54, 1.807) is 11.3 Å². The number of nitrogens with one attached hydrogen (secondary N) is 1. The Bertz CT molecular complexity index is 631. The van der Waals surface area contributed by atoms with Crippen LogP contribution in [0, 0.1) is 6.92 Å². The fourth-order valence-electron chi connectivity index (χ4n) is 2.78. The summed E-state index contributed by atoms with van der Waals surface area (Å²) < 4.78 is 6.87. The summed E-state index contributed by atoms with van der Waals surface area (Å²) in [6, 6.07) is 6.35. The van der Waals surface area contributed by atoms with Crippen molar-refractivity contribution in [2.75, 3.05) is 32.8 Å². The molecule has 120 valence electrons. The molecule has 1 saturated heterocycles. The zero-order chi connectivity index (χ0) is 15.5. The van der Waals surface area contributed by atoms with Crippen LogP contribution in [0.15, 0.2) is 18.2 Å². The molecule has 2 N–H and O–H groups in total. The SMILES string of the molecule is Cc1nc2ccc(OC[C@H](O)CN3CCNC[C@@H]3C)cc2s1. The standard InChI is InChI=1S/C16H23N3O2S/c1-11-8-17-5-6-19(11)9-13(20)10-21-14-3-4-15-16(7-14)22-12(2)18-15/h3-4,7,11,13,17,20H,5-6,8-10H2,1-2H3/t11-,13+/m0/s1. The summed E-state index contributed by atoms with van der Waals surface area (Å²) in [4.78, 5) is 6.74. The number of β-amino-alcohol motifs (C(OH)–C–C–N with tert-alkyl or cyclic N) is 1. The number of hydrogen-bond donors (Lipinski definition) is 2. The number of ether oxygens (including phenoxy) is 1. The number of thiazole rings is 1. The fourth-order valence-corrected chi connectivity index (χ4v) is 3.64. The second-order valence-corrected chi connectivity index (χ2v) is 7.11. The molecule has 3 rings (SSSR count). The van der Waals surface area contributed by atoms with Crippen molar-refractivity contribution in [1.29, 1.82) is 0 Å². The van der Waals surface area contributed by atoms with Gasteiger partial charge in [0.15, 0.2) is 0 Å². The highest BCUT2D eigenvalue weighted by Crippen LogP contribution is 2.26. The zero-order valence-electron chi connectivity index (χ0n) is 13.1. The van der Waals surface area contributed by atoms with Crippen molar-refractivity contribution >= 4 is 21.6 Å². The number of aromatic nitrogens is 1. The van der Waals surface area contributed by atoms with E-state index in [-0.39, 0.29) is 0 Å². The third-order valence-corrected chi connectivity index (χ3v) is 4.93. The summed E-state index contributed by atoms with van der Waals surface area (Å²) in [7, 11) is 0. The van der Waals surface area contributed by atoms with Gasteiger partial charge in [0.25, 0.3) is 0 Å². The molecule has 1 aromatic carbocycles. The van der Waals surface area contributed by atoms with E-state index >= 15 is 0 Å². The second-order valence-electron chi connectivity index (χ2n) is 5.88. The van der Waals surface area contributed by atoms with Crippen LogP contribution >= 0.6 is 11.3 Å². The molecule has 0 amide bonds. The number of hydrogen-bond acceptors (Lipinski definition) is 6. The molecule has 0 spiro atoms. The van der Waals surface area contributed by atoms with E-state index in [0.29, 0.717) is 19.2 Å². The molecule has 1 aromatic heterocycles. The highest BCUT2D eigenvalue weighted by atomic mass is 32.1. The van der Waals surface area contributed by atoms with Crippen molar-refractivity contribution in [2.24, 2.45) is 0 Å². The topological polar surface area (TPSA) is 57.6 Å². The van der Waals surface area contributed by atoms with Gasteiger partial charge in [-0.25, -0.2) is 4.98 Å². The first-order valence-electron chi connectivity index (χ1n) is 7.74. The Morgan fingerprint density at radius 3 is 3.23 bits per heavy atom. The number of nitrogens with zero attached hydrogens (tertiary/aromatic N) is 2. The van der Waals surface area contributed by atoms with Crippen LogP contribution in [0.1, 0.15) is 11.9 Å². The average Bonchev–Trinajstić information content (AvgIpc) is 2.87. The minimum atomic E-state index is -0.473. The summed E-state index contributed by atoms with van der Waals surface area (Å²) in [6.07, 6.45) is -0.473. The Morgan fingerprint density at radius 2 is 2.41 bits per heavy atom. The number of aliphatic hydroxyl groups is 1. The van der Waals surface area contributed by atoms with Gasteiger partial charge >= 0.3 is 0 Å². The molecule has 1 aliphatic rings. The molecule has 22 heavy (non-hydrogen) atoms. The van der Waals surface area contributed by atoms with Gasteiger partial charge < -0.3 is 15.2 Å². The van der Waals surface area contributed by atoms with E-state index in [2.05, 4.69) is 22.1 Å². The lowest BCUT2D eigenvalue weighted by atomic mass is 10.2. The van der Waals surface area contributed by atoms with Gasteiger partial charge in [-0.3, -0.25) is 4.90 Å². The van der Waals surface area contributed by atoms with Gasteiger partial charge in [-0.1, -0.05) is 0 Å². The van der Waals surface area contributed by atoms with Crippen molar-refractivity contribution in [3.05, 3.63) is 23.2 Å². The molecule has 0 aliphatic carbocycles. The van der Waals surface area contributed by atoms with Crippen LogP contribution in [0.2, 0.25) is 0 Å². The summed E-state index contributed by atoms with van der Waals surface area (Å²) >= 11 is 1.66. The van der Waals surface area contributed by atoms with E-state index in [1.165, 1.54) is 0 Å². The van der Waals surface area contributed by atoms with Crippen LogP contribution in [0.25, 0.3) is 10.2 Å². The number of rotatable bonds is 5. The van der Waals surface area contributed by atoms with Crippen molar-refractivity contribution in [1.82, 2.24) is 15.2 Å². The first-order chi connectivity index (χ1) is 10.6. The third-order valence-electron chi connectivity index (χ3n) is 3.99. The van der Waals surface area contributed by atoms with E-state index in [9.17, 15) is 5.11 Å². The van der Waals surface area contributed by atoms with E-state index in [1.807, 2.05) is 25.1 Å². The average molecular weight is 321 g/mol. The molecule has 0 bridgehead atoms. The Kier molecular flexibility index (Phi) is 4.93. The number of fused-ring (bicyclic) bond motifs is 1. The third kappa shape index (κ3) is 3.76. The first kappa shape index (κ1) is 15.7. The van der Waals surface area contributed by atoms with Crippen LogP contribution < -0.4 is 10.1 Å². The highest BCUT2D eigenvalue weighted by molar-refractivity contribution is 7.18.